The zero-order valence-corrected chi connectivity index (χ0v) is 13.8. The van der Waals surface area contributed by atoms with Crippen LogP contribution >= 0.6 is 0 Å². The van der Waals surface area contributed by atoms with Gasteiger partial charge >= 0.3 is 0 Å². The number of likely N-dealkylation sites (tertiary alicyclic amines) is 1. The van der Waals surface area contributed by atoms with Crippen molar-refractivity contribution < 1.29 is 9.90 Å². The molecule has 3 fully saturated rings. The van der Waals surface area contributed by atoms with Crippen molar-refractivity contribution in [2.75, 3.05) is 19.6 Å². The molecule has 3 atom stereocenters. The number of nitrogens with one attached hydrogen (secondary N) is 1. The maximum atomic E-state index is 13.2. The van der Waals surface area contributed by atoms with Crippen LogP contribution in [0.3, 0.4) is 0 Å². The summed E-state index contributed by atoms with van der Waals surface area (Å²) in [7, 11) is 0. The standard InChI is InChI=1S/C19H26N2O2/c1-13-6-2-3-7-15(13)17-16-11-20-10-14(16)12-21(17)18(22)19(23)8-4-5-9-19/h2-3,6-7,14,16-17,20,23H,4-5,8-12H2,1H3/t14-,16-,17-/m0/s1. The van der Waals surface area contributed by atoms with Gasteiger partial charge in [-0.3, -0.25) is 4.79 Å². The van der Waals surface area contributed by atoms with E-state index in [2.05, 4.69) is 36.5 Å². The third-order valence-corrected chi connectivity index (χ3v) is 6.16. The van der Waals surface area contributed by atoms with Crippen LogP contribution in [0.2, 0.25) is 0 Å². The summed E-state index contributed by atoms with van der Waals surface area (Å²) >= 11 is 0. The van der Waals surface area contributed by atoms with Gasteiger partial charge in [-0.25, -0.2) is 0 Å². The zero-order valence-electron chi connectivity index (χ0n) is 13.8. The lowest BCUT2D eigenvalue weighted by Crippen LogP contribution is -2.48. The molecule has 0 bridgehead atoms. The van der Waals surface area contributed by atoms with E-state index in [4.69, 9.17) is 0 Å². The topological polar surface area (TPSA) is 52.6 Å². The Morgan fingerprint density at radius 2 is 2.00 bits per heavy atom. The minimum absolute atomic E-state index is 0.0300. The number of rotatable bonds is 2. The van der Waals surface area contributed by atoms with Crippen LogP contribution in [0.5, 0.6) is 0 Å². The maximum Gasteiger partial charge on any atom is 0.255 e. The number of carbonyl (C=O) groups excluding carboxylic acids is 1. The van der Waals surface area contributed by atoms with Gasteiger partial charge in [0.05, 0.1) is 6.04 Å². The van der Waals surface area contributed by atoms with Gasteiger partial charge in [-0.15, -0.1) is 0 Å². The number of nitrogens with zero attached hydrogens (tertiary/aromatic N) is 1. The minimum Gasteiger partial charge on any atom is -0.380 e. The summed E-state index contributed by atoms with van der Waals surface area (Å²) in [5.74, 6) is 0.941. The van der Waals surface area contributed by atoms with E-state index >= 15 is 0 Å². The van der Waals surface area contributed by atoms with Crippen molar-refractivity contribution in [2.45, 2.75) is 44.2 Å². The highest BCUT2D eigenvalue weighted by atomic mass is 16.3. The van der Waals surface area contributed by atoms with Crippen molar-refractivity contribution in [2.24, 2.45) is 11.8 Å². The summed E-state index contributed by atoms with van der Waals surface area (Å²) in [4.78, 5) is 15.2. The molecule has 2 N–H and O–H groups in total. The van der Waals surface area contributed by atoms with Crippen molar-refractivity contribution >= 4 is 5.91 Å². The van der Waals surface area contributed by atoms with Crippen LogP contribution in [0.1, 0.15) is 42.9 Å². The molecule has 0 radical (unpaired) electrons. The second-order valence-electron chi connectivity index (χ2n) is 7.58. The molecule has 1 aromatic carbocycles. The Bertz CT molecular complexity index is 609. The quantitative estimate of drug-likeness (QED) is 0.878. The van der Waals surface area contributed by atoms with E-state index in [1.807, 2.05) is 4.90 Å². The van der Waals surface area contributed by atoms with Crippen molar-refractivity contribution in [3.8, 4) is 0 Å². The molecular weight excluding hydrogens is 288 g/mol. The van der Waals surface area contributed by atoms with Gasteiger partial charge in [-0.2, -0.15) is 0 Å². The first-order valence-corrected chi connectivity index (χ1v) is 8.90. The summed E-state index contributed by atoms with van der Waals surface area (Å²) in [6.45, 7) is 4.84. The van der Waals surface area contributed by atoms with Crippen LogP contribution in [-0.4, -0.2) is 41.1 Å². The van der Waals surface area contributed by atoms with Crippen molar-refractivity contribution in [1.29, 1.82) is 0 Å². The van der Waals surface area contributed by atoms with E-state index in [1.165, 1.54) is 11.1 Å². The van der Waals surface area contributed by atoms with Gasteiger partial charge < -0.3 is 15.3 Å². The smallest absolute Gasteiger partial charge is 0.255 e. The first-order chi connectivity index (χ1) is 11.1. The van der Waals surface area contributed by atoms with Crippen molar-refractivity contribution in [1.82, 2.24) is 10.2 Å². The fraction of sp³-hybridized carbons (Fsp3) is 0.632. The fourth-order valence-electron chi connectivity index (χ4n) is 4.89. The maximum absolute atomic E-state index is 13.2. The third-order valence-electron chi connectivity index (χ3n) is 6.16. The Labute approximate surface area is 137 Å². The highest BCUT2D eigenvalue weighted by molar-refractivity contribution is 5.86. The van der Waals surface area contributed by atoms with E-state index < -0.39 is 5.60 Å². The van der Waals surface area contributed by atoms with E-state index in [-0.39, 0.29) is 11.9 Å². The zero-order chi connectivity index (χ0) is 16.0. The molecule has 1 aromatic rings. The first-order valence-electron chi connectivity index (χ1n) is 8.90. The highest BCUT2D eigenvalue weighted by Gasteiger charge is 2.51. The predicted molar refractivity (Wildman–Crippen MR) is 88.9 cm³/mol. The van der Waals surface area contributed by atoms with Crippen molar-refractivity contribution in [3.63, 3.8) is 0 Å². The largest absolute Gasteiger partial charge is 0.380 e. The van der Waals surface area contributed by atoms with Crippen LogP contribution in [0.15, 0.2) is 24.3 Å². The number of aryl methyl sites for hydroxylation is 1. The molecule has 124 valence electrons. The second kappa shape index (κ2) is 5.60. The Morgan fingerprint density at radius 3 is 2.74 bits per heavy atom. The average Bonchev–Trinajstić information content (AvgIpc) is 3.23. The first kappa shape index (κ1) is 15.2. The highest BCUT2D eigenvalue weighted by Crippen LogP contribution is 2.45. The van der Waals surface area contributed by atoms with E-state index in [0.29, 0.717) is 24.7 Å². The second-order valence-corrected chi connectivity index (χ2v) is 7.58. The fourth-order valence-corrected chi connectivity index (χ4v) is 4.89. The molecule has 2 heterocycles. The Kier molecular flexibility index (Phi) is 3.69. The van der Waals surface area contributed by atoms with Gasteiger partial charge in [-0.05, 0) is 49.7 Å². The molecule has 2 aliphatic heterocycles. The van der Waals surface area contributed by atoms with Crippen LogP contribution in [0.4, 0.5) is 0 Å². The molecule has 4 nitrogen and oxygen atoms in total. The molecule has 2 saturated heterocycles. The predicted octanol–water partition coefficient (Wildman–Crippen LogP) is 2.02. The number of aliphatic hydroxyl groups is 1. The minimum atomic E-state index is -1.12. The van der Waals surface area contributed by atoms with Crippen LogP contribution < -0.4 is 5.32 Å². The Hall–Kier alpha value is -1.39. The van der Waals surface area contributed by atoms with Crippen molar-refractivity contribution in [3.05, 3.63) is 35.4 Å². The molecule has 1 amide bonds. The molecule has 0 spiro atoms. The lowest BCUT2D eigenvalue weighted by atomic mass is 9.87. The molecular formula is C19H26N2O2. The molecule has 4 rings (SSSR count). The number of hydrogen-bond donors (Lipinski definition) is 2. The third kappa shape index (κ3) is 2.39. The van der Waals surface area contributed by atoms with Gasteiger partial charge in [-0.1, -0.05) is 24.3 Å². The molecule has 23 heavy (non-hydrogen) atoms. The molecule has 0 aromatic heterocycles. The molecule has 3 aliphatic rings. The average molecular weight is 314 g/mol. The van der Waals surface area contributed by atoms with Crippen LogP contribution in [-0.2, 0) is 4.79 Å². The number of carbonyl (C=O) groups is 1. The molecule has 0 unspecified atom stereocenters. The lowest BCUT2D eigenvalue weighted by molar-refractivity contribution is -0.152. The number of amides is 1. The Morgan fingerprint density at radius 1 is 1.26 bits per heavy atom. The van der Waals surface area contributed by atoms with Gasteiger partial charge in [0.15, 0.2) is 0 Å². The van der Waals surface area contributed by atoms with Gasteiger partial charge in [0.25, 0.3) is 5.91 Å². The SMILES string of the molecule is Cc1ccccc1[C@H]1[C@H]2CNC[C@H]2CN1C(=O)C1(O)CCCC1. The lowest BCUT2D eigenvalue weighted by Gasteiger charge is -2.34. The van der Waals surface area contributed by atoms with E-state index in [9.17, 15) is 9.90 Å². The van der Waals surface area contributed by atoms with E-state index in [1.54, 1.807) is 0 Å². The molecule has 1 aliphatic carbocycles. The normalized spacial score (nSPS) is 32.3. The number of benzene rings is 1. The van der Waals surface area contributed by atoms with Gasteiger partial charge in [0, 0.05) is 25.6 Å². The van der Waals surface area contributed by atoms with Gasteiger partial charge in [0.1, 0.15) is 5.60 Å². The number of fused-ring (bicyclic) bond motifs is 1. The number of hydrogen-bond acceptors (Lipinski definition) is 3. The monoisotopic (exact) mass is 314 g/mol. The molecule has 1 saturated carbocycles. The van der Waals surface area contributed by atoms with Crippen LogP contribution in [0, 0.1) is 18.8 Å². The summed E-state index contributed by atoms with van der Waals surface area (Å²) in [6, 6.07) is 8.49. The van der Waals surface area contributed by atoms with E-state index in [0.717, 1.165) is 32.5 Å². The molecule has 4 heteroatoms. The summed E-state index contributed by atoms with van der Waals surface area (Å²) in [5, 5.41) is 14.3. The Balaban J connectivity index is 1.70. The summed E-state index contributed by atoms with van der Waals surface area (Å²) in [6.07, 6.45) is 3.16. The van der Waals surface area contributed by atoms with Crippen LogP contribution in [0.25, 0.3) is 0 Å². The summed E-state index contributed by atoms with van der Waals surface area (Å²) < 4.78 is 0. The summed E-state index contributed by atoms with van der Waals surface area (Å²) in [5.41, 5.74) is 1.37. The van der Waals surface area contributed by atoms with Gasteiger partial charge in [0.2, 0.25) is 0 Å².